The van der Waals surface area contributed by atoms with E-state index in [1.54, 1.807) is 6.08 Å². The van der Waals surface area contributed by atoms with Gasteiger partial charge in [0.25, 0.3) is 11.8 Å². The zero-order valence-corrected chi connectivity index (χ0v) is 21.7. The van der Waals surface area contributed by atoms with Crippen LogP contribution in [0.1, 0.15) is 5.69 Å². The van der Waals surface area contributed by atoms with Gasteiger partial charge < -0.3 is 26.1 Å². The molecule has 0 radical (unpaired) electrons. The first-order chi connectivity index (χ1) is 18.2. The Morgan fingerprint density at radius 2 is 2.18 bits per heavy atom. The topological polar surface area (TPSA) is 228 Å². The Labute approximate surface area is 226 Å². The number of hydrogen-bond donors (Lipinski definition) is 4. The highest BCUT2D eigenvalue weighted by atomic mass is 32.2. The van der Waals surface area contributed by atoms with E-state index in [4.69, 9.17) is 15.7 Å². The SMILES string of the molecule is C=CCn1nnnc1SCC1=C(C(=O)O)N2C(=O)C(NC(=O)C(=NOCC(=O)O)c3csc(N)n3)[C@H]2SC1. The van der Waals surface area contributed by atoms with Gasteiger partial charge in [0.1, 0.15) is 22.8 Å². The molecule has 1 fully saturated rings. The van der Waals surface area contributed by atoms with Gasteiger partial charge in [-0.25, -0.2) is 19.3 Å². The molecule has 2 aromatic rings. The van der Waals surface area contributed by atoms with Gasteiger partial charge in [0.05, 0.1) is 6.54 Å². The first-order valence-corrected chi connectivity index (χ1v) is 13.5. The number of nitrogen functional groups attached to an aromatic ring is 1. The second-order valence-corrected chi connectivity index (χ2v) is 10.5. The van der Waals surface area contributed by atoms with Crippen LogP contribution in [-0.4, -0.2) is 99.3 Å². The van der Waals surface area contributed by atoms with E-state index in [2.05, 4.69) is 37.6 Å². The highest BCUT2D eigenvalue weighted by Crippen LogP contribution is 2.41. The maximum atomic E-state index is 13.0. The highest BCUT2D eigenvalue weighted by molar-refractivity contribution is 8.01. The van der Waals surface area contributed by atoms with Gasteiger partial charge in [0.2, 0.25) is 11.8 Å². The van der Waals surface area contributed by atoms with E-state index < -0.39 is 41.8 Å². The standard InChI is InChI=1S/C19H19N9O7S3/c1-2-3-27-19(23-25-26-27)38-6-8-5-36-16-12(15(32)28(16)13(8)17(33)34)22-14(31)11(24-35-4-10(29)30)9-7-37-18(20)21-9/h2,7,12,16H,1,3-6H2,(H2,20,21)(H,22,31)(H,29,30)(H,33,34)/t12?,16-/m1/s1. The van der Waals surface area contributed by atoms with Crippen LogP contribution in [0.25, 0.3) is 0 Å². The minimum absolute atomic E-state index is 0.0274. The molecule has 1 saturated heterocycles. The number of oxime groups is 1. The molecule has 1 unspecified atom stereocenters. The van der Waals surface area contributed by atoms with Gasteiger partial charge in [-0.1, -0.05) is 23.0 Å². The zero-order chi connectivity index (χ0) is 27.4. The number of allylic oxidation sites excluding steroid dienone is 1. The minimum Gasteiger partial charge on any atom is -0.479 e. The number of thiazole rings is 1. The fourth-order valence-electron chi connectivity index (χ4n) is 3.45. The number of anilines is 1. The average molecular weight is 582 g/mol. The molecular formula is C19H19N9O7S3. The normalized spacial score (nSPS) is 19.0. The summed E-state index contributed by atoms with van der Waals surface area (Å²) in [4.78, 5) is 58.6. The van der Waals surface area contributed by atoms with Gasteiger partial charge >= 0.3 is 11.9 Å². The maximum Gasteiger partial charge on any atom is 0.352 e. The van der Waals surface area contributed by atoms with Crippen molar-refractivity contribution >= 4 is 69.5 Å². The first kappa shape index (κ1) is 27.1. The molecule has 16 nitrogen and oxygen atoms in total. The number of carboxylic acid groups (broad SMARTS) is 2. The Hall–Kier alpha value is -3.97. The van der Waals surface area contributed by atoms with E-state index in [9.17, 15) is 24.3 Å². The van der Waals surface area contributed by atoms with Gasteiger partial charge in [0, 0.05) is 16.9 Å². The van der Waals surface area contributed by atoms with Crippen molar-refractivity contribution in [1.82, 2.24) is 35.4 Å². The largest absolute Gasteiger partial charge is 0.479 e. The Morgan fingerprint density at radius 1 is 1.39 bits per heavy atom. The number of tetrazole rings is 1. The molecule has 2 aliphatic heterocycles. The van der Waals surface area contributed by atoms with Gasteiger partial charge in [-0.3, -0.25) is 14.5 Å². The molecular weight excluding hydrogens is 562 g/mol. The van der Waals surface area contributed by atoms with Crippen LogP contribution >= 0.6 is 34.9 Å². The van der Waals surface area contributed by atoms with Crippen molar-refractivity contribution in [3.63, 3.8) is 0 Å². The fraction of sp³-hybridized carbons (Fsp3) is 0.316. The number of fused-ring (bicyclic) bond motifs is 1. The number of carbonyl (C=O) groups is 4. The first-order valence-electron chi connectivity index (χ1n) is 10.5. The monoisotopic (exact) mass is 581 g/mol. The molecule has 0 aromatic carbocycles. The van der Waals surface area contributed by atoms with E-state index in [1.807, 2.05) is 0 Å². The van der Waals surface area contributed by atoms with E-state index in [0.717, 1.165) is 16.2 Å². The number of carbonyl (C=O) groups excluding carboxylic acids is 2. The predicted octanol–water partition coefficient (Wildman–Crippen LogP) is -0.766. The number of nitrogens with two attached hydrogens (primary N) is 1. The third kappa shape index (κ3) is 5.63. The van der Waals surface area contributed by atoms with Crippen molar-refractivity contribution in [1.29, 1.82) is 0 Å². The Kier molecular flexibility index (Phi) is 8.27. The third-order valence-corrected chi connectivity index (χ3v) is 8.09. The summed E-state index contributed by atoms with van der Waals surface area (Å²) in [5, 5.41) is 37.4. The number of nitrogens with one attached hydrogen (secondary N) is 1. The lowest BCUT2D eigenvalue weighted by molar-refractivity contribution is -0.150. The van der Waals surface area contributed by atoms with Crippen LogP contribution in [0.5, 0.6) is 0 Å². The minimum atomic E-state index is -1.31. The van der Waals surface area contributed by atoms with E-state index in [0.29, 0.717) is 17.3 Å². The number of amides is 2. The third-order valence-electron chi connectivity index (χ3n) is 5.04. The number of carboxylic acids is 2. The van der Waals surface area contributed by atoms with Crippen molar-refractivity contribution in [2.75, 3.05) is 23.8 Å². The van der Waals surface area contributed by atoms with Gasteiger partial charge in [-0.05, 0) is 16.0 Å². The molecule has 0 spiro atoms. The summed E-state index contributed by atoms with van der Waals surface area (Å²) < 4.78 is 1.51. The van der Waals surface area contributed by atoms with Crippen LogP contribution in [0.3, 0.4) is 0 Å². The quantitative estimate of drug-likeness (QED) is 0.0794. The number of rotatable bonds is 12. The number of aliphatic carboxylic acids is 2. The van der Waals surface area contributed by atoms with Gasteiger partial charge in [-0.2, -0.15) is 0 Å². The molecule has 4 heterocycles. The summed E-state index contributed by atoms with van der Waals surface area (Å²) in [5.41, 5.74) is 5.60. The smallest absolute Gasteiger partial charge is 0.352 e. The zero-order valence-electron chi connectivity index (χ0n) is 19.2. The maximum absolute atomic E-state index is 13.0. The Morgan fingerprint density at radius 3 is 2.84 bits per heavy atom. The number of β-lactam (4-membered cyclic amide) rings is 1. The van der Waals surface area contributed by atoms with Crippen LogP contribution in [-0.2, 0) is 30.6 Å². The van der Waals surface area contributed by atoms with Crippen LogP contribution < -0.4 is 11.1 Å². The Bertz CT molecular complexity index is 1350. The summed E-state index contributed by atoms with van der Waals surface area (Å²) in [7, 11) is 0. The second kappa shape index (κ2) is 11.6. The van der Waals surface area contributed by atoms with Gasteiger partial charge in [0.15, 0.2) is 10.8 Å². The van der Waals surface area contributed by atoms with Gasteiger partial charge in [-0.15, -0.1) is 34.8 Å². The van der Waals surface area contributed by atoms with Crippen LogP contribution in [0, 0.1) is 0 Å². The lowest BCUT2D eigenvalue weighted by Gasteiger charge is -2.49. The molecule has 0 saturated carbocycles. The van der Waals surface area contributed by atoms with Crippen LogP contribution in [0.4, 0.5) is 5.13 Å². The summed E-state index contributed by atoms with van der Waals surface area (Å²) in [6.45, 7) is 3.21. The van der Waals surface area contributed by atoms with Crippen molar-refractivity contribution in [3.8, 4) is 0 Å². The van der Waals surface area contributed by atoms with Crippen LogP contribution in [0.2, 0.25) is 0 Å². The molecule has 2 aromatic heterocycles. The second-order valence-electron chi connectivity index (χ2n) is 7.52. The molecule has 19 heteroatoms. The molecule has 200 valence electrons. The van der Waals surface area contributed by atoms with E-state index >= 15 is 0 Å². The predicted molar refractivity (Wildman–Crippen MR) is 135 cm³/mol. The molecule has 38 heavy (non-hydrogen) atoms. The highest BCUT2D eigenvalue weighted by Gasteiger charge is 2.54. The molecule has 2 aliphatic rings. The number of hydrogen-bond acceptors (Lipinski definition) is 14. The molecule has 2 amide bonds. The lowest BCUT2D eigenvalue weighted by Crippen LogP contribution is -2.71. The fourth-order valence-corrected chi connectivity index (χ4v) is 6.36. The summed E-state index contributed by atoms with van der Waals surface area (Å²) in [6.07, 6.45) is 1.62. The van der Waals surface area contributed by atoms with Crippen molar-refractivity contribution in [2.45, 2.75) is 23.1 Å². The van der Waals surface area contributed by atoms with E-state index in [-0.39, 0.29) is 33.7 Å². The molecule has 5 N–H and O–H groups in total. The van der Waals surface area contributed by atoms with E-state index in [1.165, 1.54) is 33.6 Å². The Balaban J connectivity index is 1.49. The summed E-state index contributed by atoms with van der Waals surface area (Å²) in [5.74, 6) is -3.58. The van der Waals surface area contributed by atoms with Crippen LogP contribution in [0.15, 0.2) is 39.6 Å². The number of thioether (sulfide) groups is 2. The molecule has 0 aliphatic carbocycles. The molecule has 4 rings (SSSR count). The van der Waals surface area contributed by atoms with Crippen molar-refractivity contribution < 1.29 is 34.2 Å². The lowest BCUT2D eigenvalue weighted by atomic mass is 10.0. The number of nitrogens with zero attached hydrogens (tertiary/aromatic N) is 7. The van der Waals surface area contributed by atoms with Crippen molar-refractivity contribution in [3.05, 3.63) is 35.0 Å². The van der Waals surface area contributed by atoms with Crippen molar-refractivity contribution in [2.24, 2.45) is 5.16 Å². The summed E-state index contributed by atoms with van der Waals surface area (Å²) >= 11 is 3.52. The molecule has 2 atom stereocenters. The average Bonchev–Trinajstić information content (AvgIpc) is 3.51. The molecule has 0 bridgehead atoms. The number of aromatic nitrogens is 5. The summed E-state index contributed by atoms with van der Waals surface area (Å²) in [6, 6.07) is -1.06.